The predicted octanol–water partition coefficient (Wildman–Crippen LogP) is 1.65. The van der Waals surface area contributed by atoms with Crippen LogP contribution in [0, 0.1) is 0 Å². The number of carbonyl (C=O) groups excluding carboxylic acids is 1. The van der Waals surface area contributed by atoms with E-state index in [1.165, 1.54) is 20.2 Å². The SMILES string of the molecule is CON(C)C(=O)c1ccnc(C(F)F)c1. The van der Waals surface area contributed by atoms with Gasteiger partial charge in [-0.15, -0.1) is 0 Å². The van der Waals surface area contributed by atoms with Gasteiger partial charge in [0.1, 0.15) is 5.69 Å². The van der Waals surface area contributed by atoms with Gasteiger partial charge in [0.25, 0.3) is 12.3 Å². The Kier molecular flexibility index (Phi) is 3.68. The van der Waals surface area contributed by atoms with Gasteiger partial charge in [-0.3, -0.25) is 14.6 Å². The van der Waals surface area contributed by atoms with Gasteiger partial charge in [0.15, 0.2) is 0 Å². The summed E-state index contributed by atoms with van der Waals surface area (Å²) >= 11 is 0. The first-order valence-corrected chi connectivity index (χ1v) is 4.12. The lowest BCUT2D eigenvalue weighted by Crippen LogP contribution is -2.25. The molecular weight excluding hydrogens is 206 g/mol. The molecule has 0 aromatic carbocycles. The van der Waals surface area contributed by atoms with Crippen LogP contribution in [0.15, 0.2) is 18.3 Å². The first-order valence-electron chi connectivity index (χ1n) is 4.12. The zero-order chi connectivity index (χ0) is 11.4. The number of pyridine rings is 1. The number of hydrogen-bond donors (Lipinski definition) is 0. The lowest BCUT2D eigenvalue weighted by atomic mass is 10.2. The highest BCUT2D eigenvalue weighted by Crippen LogP contribution is 2.17. The van der Waals surface area contributed by atoms with E-state index < -0.39 is 18.0 Å². The van der Waals surface area contributed by atoms with Crippen LogP contribution >= 0.6 is 0 Å². The van der Waals surface area contributed by atoms with E-state index in [1.54, 1.807) is 0 Å². The highest BCUT2D eigenvalue weighted by Gasteiger charge is 2.15. The fourth-order valence-corrected chi connectivity index (χ4v) is 0.965. The third-order valence-electron chi connectivity index (χ3n) is 1.81. The molecule has 0 saturated carbocycles. The molecule has 15 heavy (non-hydrogen) atoms. The summed E-state index contributed by atoms with van der Waals surface area (Å²) in [7, 11) is 2.71. The monoisotopic (exact) mass is 216 g/mol. The molecule has 1 amide bonds. The number of rotatable bonds is 3. The van der Waals surface area contributed by atoms with E-state index >= 15 is 0 Å². The molecule has 0 aliphatic heterocycles. The maximum atomic E-state index is 12.3. The number of carbonyl (C=O) groups is 1. The van der Waals surface area contributed by atoms with Gasteiger partial charge in [-0.05, 0) is 12.1 Å². The Morgan fingerprint density at radius 2 is 2.27 bits per heavy atom. The predicted molar refractivity (Wildman–Crippen MR) is 48.3 cm³/mol. The first kappa shape index (κ1) is 11.5. The zero-order valence-electron chi connectivity index (χ0n) is 8.28. The van der Waals surface area contributed by atoms with Crippen molar-refractivity contribution >= 4 is 5.91 Å². The Bertz CT molecular complexity index is 358. The summed E-state index contributed by atoms with van der Waals surface area (Å²) in [6, 6.07) is 2.40. The number of aromatic nitrogens is 1. The molecule has 1 heterocycles. The molecule has 6 heteroatoms. The average Bonchev–Trinajstić information content (AvgIpc) is 2.27. The average molecular weight is 216 g/mol. The van der Waals surface area contributed by atoms with Crippen molar-refractivity contribution in [2.75, 3.05) is 14.2 Å². The van der Waals surface area contributed by atoms with Crippen LogP contribution in [0.5, 0.6) is 0 Å². The molecule has 1 rings (SSSR count). The van der Waals surface area contributed by atoms with Crippen molar-refractivity contribution in [2.24, 2.45) is 0 Å². The van der Waals surface area contributed by atoms with Gasteiger partial charge in [0.05, 0.1) is 7.11 Å². The topological polar surface area (TPSA) is 42.4 Å². The second-order valence-electron chi connectivity index (χ2n) is 2.76. The number of hydroxylamine groups is 2. The highest BCUT2D eigenvalue weighted by molar-refractivity contribution is 5.93. The minimum absolute atomic E-state index is 0.115. The van der Waals surface area contributed by atoms with Crippen molar-refractivity contribution in [2.45, 2.75) is 6.43 Å². The summed E-state index contributed by atoms with van der Waals surface area (Å²) in [5, 5.41) is 0.949. The molecule has 0 bridgehead atoms. The van der Waals surface area contributed by atoms with E-state index in [9.17, 15) is 13.6 Å². The van der Waals surface area contributed by atoms with Crippen LogP contribution in [-0.2, 0) is 4.84 Å². The molecule has 0 atom stereocenters. The lowest BCUT2D eigenvalue weighted by molar-refractivity contribution is -0.0757. The summed E-state index contributed by atoms with van der Waals surface area (Å²) in [6.45, 7) is 0. The molecule has 0 fully saturated rings. The molecular formula is C9H10F2N2O2. The van der Waals surface area contributed by atoms with Crippen LogP contribution in [0.1, 0.15) is 22.5 Å². The molecule has 0 aliphatic carbocycles. The highest BCUT2D eigenvalue weighted by atomic mass is 19.3. The molecule has 0 aliphatic rings. The maximum Gasteiger partial charge on any atom is 0.280 e. The molecule has 0 radical (unpaired) electrons. The maximum absolute atomic E-state index is 12.3. The lowest BCUT2D eigenvalue weighted by Gasteiger charge is -2.13. The van der Waals surface area contributed by atoms with E-state index in [1.807, 2.05) is 0 Å². The Hall–Kier alpha value is -1.56. The van der Waals surface area contributed by atoms with Crippen LogP contribution in [0.25, 0.3) is 0 Å². The van der Waals surface area contributed by atoms with Gasteiger partial charge in [-0.2, -0.15) is 0 Å². The Balaban J connectivity index is 2.95. The molecule has 0 spiro atoms. The Morgan fingerprint density at radius 1 is 1.60 bits per heavy atom. The summed E-state index contributed by atoms with van der Waals surface area (Å²) in [6.07, 6.45) is -1.52. The van der Waals surface area contributed by atoms with Gasteiger partial charge in [0.2, 0.25) is 0 Å². The molecule has 0 N–H and O–H groups in total. The number of halogens is 2. The standard InChI is InChI=1S/C9H10F2N2O2/c1-13(15-2)9(14)6-3-4-12-7(5-6)8(10)11/h3-5,8H,1-2H3. The van der Waals surface area contributed by atoms with Crippen LogP contribution in [0.4, 0.5) is 8.78 Å². The van der Waals surface area contributed by atoms with E-state index in [4.69, 9.17) is 0 Å². The van der Waals surface area contributed by atoms with Gasteiger partial charge in [0, 0.05) is 18.8 Å². The Morgan fingerprint density at radius 3 is 2.80 bits per heavy atom. The van der Waals surface area contributed by atoms with Crippen molar-refractivity contribution in [1.82, 2.24) is 10.0 Å². The smallest absolute Gasteiger partial charge is 0.274 e. The van der Waals surface area contributed by atoms with E-state index in [-0.39, 0.29) is 5.56 Å². The molecule has 1 aromatic heterocycles. The molecule has 1 aromatic rings. The first-order chi connectivity index (χ1) is 7.06. The van der Waals surface area contributed by atoms with Gasteiger partial charge >= 0.3 is 0 Å². The number of amides is 1. The van der Waals surface area contributed by atoms with Crippen molar-refractivity contribution in [1.29, 1.82) is 0 Å². The second kappa shape index (κ2) is 4.79. The fraction of sp³-hybridized carbons (Fsp3) is 0.333. The van der Waals surface area contributed by atoms with Crippen LogP contribution < -0.4 is 0 Å². The van der Waals surface area contributed by atoms with Gasteiger partial charge < -0.3 is 0 Å². The van der Waals surface area contributed by atoms with Crippen molar-refractivity contribution < 1.29 is 18.4 Å². The number of alkyl halides is 2. The van der Waals surface area contributed by atoms with Gasteiger partial charge in [-0.1, -0.05) is 0 Å². The van der Waals surface area contributed by atoms with Crippen LogP contribution in [0.2, 0.25) is 0 Å². The quantitative estimate of drug-likeness (QED) is 0.721. The third-order valence-corrected chi connectivity index (χ3v) is 1.81. The van der Waals surface area contributed by atoms with Gasteiger partial charge in [-0.25, -0.2) is 13.8 Å². The molecule has 0 saturated heterocycles. The molecule has 82 valence electrons. The third kappa shape index (κ3) is 2.69. The van der Waals surface area contributed by atoms with E-state index in [0.717, 1.165) is 17.3 Å². The summed E-state index contributed by atoms with van der Waals surface area (Å²) in [4.78, 5) is 19.6. The minimum Gasteiger partial charge on any atom is -0.274 e. The van der Waals surface area contributed by atoms with Crippen molar-refractivity contribution in [3.63, 3.8) is 0 Å². The Labute approximate surface area is 85.4 Å². The summed E-state index contributed by atoms with van der Waals surface area (Å²) in [5.74, 6) is -0.498. The van der Waals surface area contributed by atoms with Crippen molar-refractivity contribution in [3.05, 3.63) is 29.6 Å². The van der Waals surface area contributed by atoms with Crippen molar-refractivity contribution in [3.8, 4) is 0 Å². The zero-order valence-corrected chi connectivity index (χ0v) is 8.28. The van der Waals surface area contributed by atoms with Crippen LogP contribution in [0.3, 0.4) is 0 Å². The second-order valence-corrected chi connectivity index (χ2v) is 2.76. The van der Waals surface area contributed by atoms with Crippen LogP contribution in [-0.4, -0.2) is 30.1 Å². The molecule has 4 nitrogen and oxygen atoms in total. The largest absolute Gasteiger partial charge is 0.280 e. The molecule has 0 unspecified atom stereocenters. The van der Waals surface area contributed by atoms with E-state index in [2.05, 4.69) is 9.82 Å². The van der Waals surface area contributed by atoms with E-state index in [0.29, 0.717) is 0 Å². The summed E-state index contributed by atoms with van der Waals surface area (Å²) < 4.78 is 24.5. The minimum atomic E-state index is -2.69. The number of hydrogen-bond acceptors (Lipinski definition) is 3. The number of nitrogens with zero attached hydrogens (tertiary/aromatic N) is 2. The normalized spacial score (nSPS) is 10.5. The fourth-order valence-electron chi connectivity index (χ4n) is 0.965. The summed E-state index contributed by atoms with van der Waals surface area (Å²) in [5.41, 5.74) is -0.310.